The van der Waals surface area contributed by atoms with Gasteiger partial charge in [0.2, 0.25) is 0 Å². The molecule has 8 nitrogen and oxygen atoms in total. The van der Waals surface area contributed by atoms with Gasteiger partial charge in [-0.2, -0.15) is 0 Å². The summed E-state index contributed by atoms with van der Waals surface area (Å²) in [6.45, 7) is 4.09. The Kier molecular flexibility index (Phi) is 7.46. The molecule has 0 aromatic carbocycles. The summed E-state index contributed by atoms with van der Waals surface area (Å²) in [7, 11) is 3.33. The summed E-state index contributed by atoms with van der Waals surface area (Å²) >= 11 is 0. The van der Waals surface area contributed by atoms with Crippen molar-refractivity contribution < 1.29 is 23.5 Å². The van der Waals surface area contributed by atoms with Gasteiger partial charge in [0.05, 0.1) is 30.7 Å². The van der Waals surface area contributed by atoms with Crippen molar-refractivity contribution >= 4 is 12.0 Å². The molecule has 0 saturated carbocycles. The Hall–Kier alpha value is -2.87. The number of nitrogens with zero attached hydrogens (tertiary/aromatic N) is 3. The average molecular weight is 415 g/mol. The first-order valence-corrected chi connectivity index (χ1v) is 10.2. The van der Waals surface area contributed by atoms with Crippen LogP contribution in [-0.2, 0) is 16.0 Å². The first kappa shape index (κ1) is 21.8. The van der Waals surface area contributed by atoms with Gasteiger partial charge in [-0.25, -0.2) is 4.79 Å². The summed E-state index contributed by atoms with van der Waals surface area (Å²) in [6, 6.07) is 7.36. The number of hydrogen-bond acceptors (Lipinski definition) is 6. The normalized spacial score (nSPS) is 14.6. The van der Waals surface area contributed by atoms with E-state index in [2.05, 4.69) is 0 Å². The van der Waals surface area contributed by atoms with Crippen LogP contribution >= 0.6 is 0 Å². The van der Waals surface area contributed by atoms with Crippen molar-refractivity contribution in [2.45, 2.75) is 32.2 Å². The topological polar surface area (TPSA) is 85.1 Å². The largest absolute Gasteiger partial charge is 0.467 e. The third-order valence-electron chi connectivity index (χ3n) is 5.27. The molecule has 1 aliphatic heterocycles. The molecule has 3 rings (SSSR count). The quantitative estimate of drug-likeness (QED) is 0.646. The fourth-order valence-corrected chi connectivity index (χ4v) is 3.62. The van der Waals surface area contributed by atoms with Crippen LogP contribution in [-0.4, -0.2) is 67.2 Å². The van der Waals surface area contributed by atoms with Gasteiger partial charge < -0.3 is 23.7 Å². The van der Waals surface area contributed by atoms with Gasteiger partial charge in [0, 0.05) is 38.9 Å². The lowest BCUT2D eigenvalue weighted by molar-refractivity contribution is 0.0654. The zero-order valence-electron chi connectivity index (χ0n) is 17.8. The zero-order valence-corrected chi connectivity index (χ0v) is 17.8. The summed E-state index contributed by atoms with van der Waals surface area (Å²) in [5.74, 6) is 0.756. The summed E-state index contributed by atoms with van der Waals surface area (Å²) in [4.78, 5) is 33.3. The Morgan fingerprint density at radius 3 is 2.67 bits per heavy atom. The second-order valence-corrected chi connectivity index (χ2v) is 7.49. The van der Waals surface area contributed by atoms with Gasteiger partial charge in [-0.3, -0.25) is 9.78 Å². The molecule has 0 N–H and O–H groups in total. The number of pyridine rings is 1. The number of carbonyl (C=O) groups is 2. The number of likely N-dealkylation sites (tertiary alicyclic amines) is 1. The van der Waals surface area contributed by atoms with Crippen LogP contribution in [0.4, 0.5) is 4.79 Å². The van der Waals surface area contributed by atoms with Crippen LogP contribution in [0.3, 0.4) is 0 Å². The van der Waals surface area contributed by atoms with Gasteiger partial charge in [0.1, 0.15) is 12.4 Å². The number of piperidine rings is 1. The van der Waals surface area contributed by atoms with Gasteiger partial charge in [-0.15, -0.1) is 0 Å². The number of carbonyl (C=O) groups excluding carboxylic acids is 2. The van der Waals surface area contributed by atoms with Crippen LogP contribution in [0.25, 0.3) is 0 Å². The van der Waals surface area contributed by atoms with E-state index in [1.807, 2.05) is 25.1 Å². The van der Waals surface area contributed by atoms with E-state index in [1.54, 1.807) is 36.3 Å². The third-order valence-corrected chi connectivity index (χ3v) is 5.27. The number of ether oxygens (including phenoxy) is 2. The monoisotopic (exact) mass is 415 g/mol. The van der Waals surface area contributed by atoms with Crippen LogP contribution in [0.15, 0.2) is 34.9 Å². The molecule has 1 aliphatic rings. The highest BCUT2D eigenvalue weighted by Gasteiger charge is 2.29. The number of aromatic nitrogens is 1. The minimum Gasteiger partial charge on any atom is -0.467 e. The van der Waals surface area contributed by atoms with Crippen molar-refractivity contribution in [1.82, 2.24) is 14.8 Å². The SMILES string of the molecule is COCCOC(=O)N1CCC(c2nc(C)ccc2C(=O)N(C)Cc2ccco2)CC1. The van der Waals surface area contributed by atoms with Crippen molar-refractivity contribution in [2.75, 3.05) is 40.5 Å². The highest BCUT2D eigenvalue weighted by Crippen LogP contribution is 2.30. The molecule has 162 valence electrons. The molecule has 1 saturated heterocycles. The fraction of sp³-hybridized carbons (Fsp3) is 0.500. The summed E-state index contributed by atoms with van der Waals surface area (Å²) in [6.07, 6.45) is 2.74. The smallest absolute Gasteiger partial charge is 0.409 e. The van der Waals surface area contributed by atoms with E-state index in [-0.39, 0.29) is 24.5 Å². The van der Waals surface area contributed by atoms with E-state index in [1.165, 1.54) is 0 Å². The zero-order chi connectivity index (χ0) is 21.5. The van der Waals surface area contributed by atoms with E-state index in [0.717, 1.165) is 30.0 Å². The van der Waals surface area contributed by atoms with Crippen molar-refractivity contribution in [3.8, 4) is 0 Å². The molecule has 0 radical (unpaired) electrons. The van der Waals surface area contributed by atoms with Crippen LogP contribution in [0, 0.1) is 6.92 Å². The third kappa shape index (κ3) is 5.38. The van der Waals surface area contributed by atoms with Gasteiger partial charge in [-0.1, -0.05) is 0 Å². The molecule has 0 bridgehead atoms. The number of amides is 2. The standard InChI is InChI=1S/C22H29N3O5/c1-16-6-7-19(21(26)24(2)15-18-5-4-12-29-18)20(23-16)17-8-10-25(11-9-17)22(27)30-14-13-28-3/h4-7,12,17H,8-11,13-15H2,1-3H3. The average Bonchev–Trinajstić information content (AvgIpc) is 3.26. The molecule has 8 heteroatoms. The van der Waals surface area contributed by atoms with Gasteiger partial charge in [-0.05, 0) is 44.0 Å². The number of furan rings is 1. The first-order valence-electron chi connectivity index (χ1n) is 10.2. The molecule has 3 heterocycles. The molecular formula is C22H29N3O5. The van der Waals surface area contributed by atoms with Crippen LogP contribution in [0.1, 0.15) is 46.3 Å². The fourth-order valence-electron chi connectivity index (χ4n) is 3.62. The lowest BCUT2D eigenvalue weighted by Gasteiger charge is -2.32. The second-order valence-electron chi connectivity index (χ2n) is 7.49. The molecule has 30 heavy (non-hydrogen) atoms. The van der Waals surface area contributed by atoms with Crippen LogP contribution in [0.5, 0.6) is 0 Å². The van der Waals surface area contributed by atoms with Crippen molar-refractivity contribution in [3.63, 3.8) is 0 Å². The highest BCUT2D eigenvalue weighted by molar-refractivity contribution is 5.95. The molecule has 2 amide bonds. The summed E-state index contributed by atoms with van der Waals surface area (Å²) in [5, 5.41) is 0. The molecule has 0 aliphatic carbocycles. The maximum Gasteiger partial charge on any atom is 0.409 e. The lowest BCUT2D eigenvalue weighted by atomic mass is 9.90. The maximum atomic E-state index is 13.1. The first-order chi connectivity index (χ1) is 14.5. The van der Waals surface area contributed by atoms with Gasteiger partial charge >= 0.3 is 6.09 Å². The lowest BCUT2D eigenvalue weighted by Crippen LogP contribution is -2.39. The summed E-state index contributed by atoms with van der Waals surface area (Å²) < 4.78 is 15.5. The van der Waals surface area contributed by atoms with Crippen molar-refractivity contribution in [1.29, 1.82) is 0 Å². The van der Waals surface area contributed by atoms with E-state index in [4.69, 9.17) is 18.9 Å². The van der Waals surface area contributed by atoms with E-state index in [9.17, 15) is 9.59 Å². The van der Waals surface area contributed by atoms with Crippen molar-refractivity contribution in [3.05, 3.63) is 53.2 Å². The molecule has 2 aromatic heterocycles. The van der Waals surface area contributed by atoms with E-state index >= 15 is 0 Å². The van der Waals surface area contributed by atoms with E-state index in [0.29, 0.717) is 31.8 Å². The van der Waals surface area contributed by atoms with Crippen LogP contribution in [0.2, 0.25) is 0 Å². The van der Waals surface area contributed by atoms with Crippen LogP contribution < -0.4 is 0 Å². The van der Waals surface area contributed by atoms with Crippen molar-refractivity contribution in [2.24, 2.45) is 0 Å². The predicted octanol–water partition coefficient (Wildman–Crippen LogP) is 3.22. The number of hydrogen-bond donors (Lipinski definition) is 0. The molecule has 2 aromatic rings. The molecule has 0 atom stereocenters. The molecule has 0 unspecified atom stereocenters. The summed E-state index contributed by atoms with van der Waals surface area (Å²) in [5.41, 5.74) is 2.28. The minimum absolute atomic E-state index is 0.0877. The molecule has 1 fully saturated rings. The Labute approximate surface area is 176 Å². The van der Waals surface area contributed by atoms with E-state index < -0.39 is 0 Å². The number of rotatable bonds is 7. The van der Waals surface area contributed by atoms with Gasteiger partial charge in [0.15, 0.2) is 0 Å². The number of methoxy groups -OCH3 is 1. The Bertz CT molecular complexity index is 844. The Balaban J connectivity index is 1.67. The minimum atomic E-state index is -0.322. The Morgan fingerprint density at radius 2 is 2.00 bits per heavy atom. The highest BCUT2D eigenvalue weighted by atomic mass is 16.6. The number of aryl methyl sites for hydroxylation is 1. The van der Waals surface area contributed by atoms with Gasteiger partial charge in [0.25, 0.3) is 5.91 Å². The predicted molar refractivity (Wildman–Crippen MR) is 110 cm³/mol. The second kappa shape index (κ2) is 10.2. The molecule has 0 spiro atoms. The maximum absolute atomic E-state index is 13.1. The molecular weight excluding hydrogens is 386 g/mol. The Morgan fingerprint density at radius 1 is 1.23 bits per heavy atom.